The molecule has 35 heavy (non-hydrogen) atoms. The first-order valence-electron chi connectivity index (χ1n) is 11.0. The van der Waals surface area contributed by atoms with Crippen molar-refractivity contribution in [1.29, 1.82) is 5.26 Å². The van der Waals surface area contributed by atoms with Crippen LogP contribution in [0.5, 0.6) is 11.5 Å². The Bertz CT molecular complexity index is 1320. The van der Waals surface area contributed by atoms with Gasteiger partial charge < -0.3 is 20.1 Å². The number of nitrogens with zero attached hydrogens (tertiary/aromatic N) is 1. The first kappa shape index (κ1) is 25.1. The average Bonchev–Trinajstić information content (AvgIpc) is 2.84. The molecule has 0 bridgehead atoms. The molecule has 0 radical (unpaired) electrons. The molecule has 0 fully saturated rings. The highest BCUT2D eigenvalue weighted by Crippen LogP contribution is 2.29. The minimum absolute atomic E-state index is 0.0563. The summed E-state index contributed by atoms with van der Waals surface area (Å²) in [6.45, 7) is 5.60. The number of methoxy groups -OCH3 is 1. The SMILES string of the molecule is COc1cc(/C=C(\C#N)C(=O)Nc2cccc(C)c2C)ccc1OCC(=O)Nc1cccc(C)c1. The smallest absolute Gasteiger partial charge is 0.266 e. The molecular weight excluding hydrogens is 442 g/mol. The molecule has 0 atom stereocenters. The van der Waals surface area contributed by atoms with Crippen molar-refractivity contribution < 1.29 is 19.1 Å². The minimum atomic E-state index is -0.506. The van der Waals surface area contributed by atoms with Crippen molar-refractivity contribution in [2.45, 2.75) is 20.8 Å². The lowest BCUT2D eigenvalue weighted by atomic mass is 10.1. The normalized spacial score (nSPS) is 10.8. The number of hydrogen-bond acceptors (Lipinski definition) is 5. The van der Waals surface area contributed by atoms with E-state index in [2.05, 4.69) is 10.6 Å². The van der Waals surface area contributed by atoms with Crippen molar-refractivity contribution in [2.24, 2.45) is 0 Å². The fourth-order valence-corrected chi connectivity index (χ4v) is 3.35. The number of nitrogens with one attached hydrogen (secondary N) is 2. The Balaban J connectivity index is 1.70. The van der Waals surface area contributed by atoms with Gasteiger partial charge in [0.25, 0.3) is 11.8 Å². The van der Waals surface area contributed by atoms with Crippen LogP contribution < -0.4 is 20.1 Å². The number of benzene rings is 3. The Labute approximate surface area is 205 Å². The van der Waals surface area contributed by atoms with Gasteiger partial charge >= 0.3 is 0 Å². The summed E-state index contributed by atoms with van der Waals surface area (Å²) in [4.78, 5) is 24.9. The van der Waals surface area contributed by atoms with Crippen molar-refractivity contribution in [3.8, 4) is 17.6 Å². The monoisotopic (exact) mass is 469 g/mol. The van der Waals surface area contributed by atoms with Gasteiger partial charge in [0, 0.05) is 11.4 Å². The highest BCUT2D eigenvalue weighted by Gasteiger charge is 2.13. The summed E-state index contributed by atoms with van der Waals surface area (Å²) in [7, 11) is 1.47. The molecule has 178 valence electrons. The van der Waals surface area contributed by atoms with E-state index in [-0.39, 0.29) is 18.1 Å². The zero-order valence-corrected chi connectivity index (χ0v) is 20.1. The molecule has 0 saturated heterocycles. The maximum absolute atomic E-state index is 12.7. The highest BCUT2D eigenvalue weighted by atomic mass is 16.5. The van der Waals surface area contributed by atoms with E-state index >= 15 is 0 Å². The number of anilines is 2. The summed E-state index contributed by atoms with van der Waals surface area (Å²) in [5.74, 6) is -0.0819. The van der Waals surface area contributed by atoms with Crippen LogP contribution >= 0.6 is 0 Å². The molecule has 2 amide bonds. The Morgan fingerprint density at radius 1 is 0.971 bits per heavy atom. The number of hydrogen-bond donors (Lipinski definition) is 2. The fraction of sp³-hybridized carbons (Fsp3) is 0.179. The molecule has 7 nitrogen and oxygen atoms in total. The van der Waals surface area contributed by atoms with Gasteiger partial charge in [0.1, 0.15) is 11.6 Å². The zero-order chi connectivity index (χ0) is 25.4. The minimum Gasteiger partial charge on any atom is -0.493 e. The molecular formula is C28H27N3O4. The topological polar surface area (TPSA) is 100 Å². The Morgan fingerprint density at radius 2 is 1.74 bits per heavy atom. The molecule has 0 unspecified atom stereocenters. The van der Waals surface area contributed by atoms with Gasteiger partial charge in [0.2, 0.25) is 0 Å². The molecule has 2 N–H and O–H groups in total. The molecule has 7 heteroatoms. The average molecular weight is 470 g/mol. The molecule has 0 aromatic heterocycles. The van der Waals surface area contributed by atoms with Crippen LogP contribution in [0.2, 0.25) is 0 Å². The van der Waals surface area contributed by atoms with Crippen molar-refractivity contribution in [3.63, 3.8) is 0 Å². The van der Waals surface area contributed by atoms with E-state index in [0.717, 1.165) is 16.7 Å². The van der Waals surface area contributed by atoms with E-state index < -0.39 is 5.91 Å². The molecule has 3 rings (SSSR count). The Hall–Kier alpha value is -4.57. The fourth-order valence-electron chi connectivity index (χ4n) is 3.35. The van der Waals surface area contributed by atoms with E-state index in [1.165, 1.54) is 13.2 Å². The quantitative estimate of drug-likeness (QED) is 0.350. The number of carbonyl (C=O) groups excluding carboxylic acids is 2. The highest BCUT2D eigenvalue weighted by molar-refractivity contribution is 6.10. The predicted molar refractivity (Wildman–Crippen MR) is 136 cm³/mol. The number of amides is 2. The summed E-state index contributed by atoms with van der Waals surface area (Å²) in [6.07, 6.45) is 1.47. The number of ether oxygens (including phenoxy) is 2. The maximum Gasteiger partial charge on any atom is 0.266 e. The third-order valence-corrected chi connectivity index (χ3v) is 5.38. The van der Waals surface area contributed by atoms with Crippen molar-refractivity contribution >= 4 is 29.3 Å². The van der Waals surface area contributed by atoms with E-state index in [1.54, 1.807) is 30.3 Å². The van der Waals surface area contributed by atoms with E-state index in [0.29, 0.717) is 28.4 Å². The van der Waals surface area contributed by atoms with Gasteiger partial charge in [-0.1, -0.05) is 30.3 Å². The number of rotatable bonds is 8. The largest absolute Gasteiger partial charge is 0.493 e. The third kappa shape index (κ3) is 6.71. The van der Waals surface area contributed by atoms with Crippen LogP contribution in [0, 0.1) is 32.1 Å². The summed E-state index contributed by atoms with van der Waals surface area (Å²) in [5.41, 5.74) is 4.88. The molecule has 3 aromatic carbocycles. The summed E-state index contributed by atoms with van der Waals surface area (Å²) < 4.78 is 11.0. The summed E-state index contributed by atoms with van der Waals surface area (Å²) in [6, 6.07) is 19.9. The van der Waals surface area contributed by atoms with Crippen molar-refractivity contribution in [3.05, 3.63) is 88.5 Å². The second-order valence-electron chi connectivity index (χ2n) is 7.99. The van der Waals surface area contributed by atoms with E-state index in [9.17, 15) is 14.9 Å². The second-order valence-corrected chi connectivity index (χ2v) is 7.99. The molecule has 0 aliphatic heterocycles. The van der Waals surface area contributed by atoms with Gasteiger partial charge in [-0.15, -0.1) is 0 Å². The van der Waals surface area contributed by atoms with Gasteiger partial charge in [-0.3, -0.25) is 9.59 Å². The number of nitriles is 1. The van der Waals surface area contributed by atoms with Gasteiger partial charge in [-0.2, -0.15) is 5.26 Å². The van der Waals surface area contributed by atoms with E-state index in [1.807, 2.05) is 57.2 Å². The lowest BCUT2D eigenvalue weighted by Crippen LogP contribution is -2.20. The first-order chi connectivity index (χ1) is 16.8. The maximum atomic E-state index is 12.7. The van der Waals surface area contributed by atoms with Gasteiger partial charge in [0.05, 0.1) is 7.11 Å². The zero-order valence-electron chi connectivity index (χ0n) is 20.1. The van der Waals surface area contributed by atoms with Crippen LogP contribution in [0.1, 0.15) is 22.3 Å². The number of carbonyl (C=O) groups is 2. The molecule has 0 spiro atoms. The van der Waals surface area contributed by atoms with Gasteiger partial charge in [-0.25, -0.2) is 0 Å². The lowest BCUT2D eigenvalue weighted by Gasteiger charge is -2.12. The molecule has 0 heterocycles. The van der Waals surface area contributed by atoms with Crippen LogP contribution in [0.3, 0.4) is 0 Å². The lowest BCUT2D eigenvalue weighted by molar-refractivity contribution is -0.118. The van der Waals surface area contributed by atoms with Crippen molar-refractivity contribution in [2.75, 3.05) is 24.4 Å². The number of aryl methyl sites for hydroxylation is 2. The predicted octanol–water partition coefficient (Wildman–Crippen LogP) is 5.18. The van der Waals surface area contributed by atoms with Crippen LogP contribution in [0.25, 0.3) is 6.08 Å². The van der Waals surface area contributed by atoms with Crippen LogP contribution in [0.4, 0.5) is 11.4 Å². The summed E-state index contributed by atoms with van der Waals surface area (Å²) >= 11 is 0. The Morgan fingerprint density at radius 3 is 2.46 bits per heavy atom. The summed E-state index contributed by atoms with van der Waals surface area (Å²) in [5, 5.41) is 15.1. The van der Waals surface area contributed by atoms with Crippen LogP contribution in [0.15, 0.2) is 66.2 Å². The van der Waals surface area contributed by atoms with Gasteiger partial charge in [0.15, 0.2) is 18.1 Å². The van der Waals surface area contributed by atoms with Gasteiger partial charge in [-0.05, 0) is 79.4 Å². The standard InChI is InChI=1S/C28H27N3O4/c1-18-7-5-9-23(13-18)30-27(32)17-35-25-12-11-21(15-26(25)34-4)14-22(16-29)28(33)31-24-10-6-8-19(2)20(24)3/h5-15H,17H2,1-4H3,(H,30,32)(H,31,33)/b22-14+. The molecule has 3 aromatic rings. The first-order valence-corrected chi connectivity index (χ1v) is 11.0. The van der Waals surface area contributed by atoms with Crippen molar-refractivity contribution in [1.82, 2.24) is 0 Å². The molecule has 0 aliphatic carbocycles. The Kier molecular flexibility index (Phi) is 8.25. The van der Waals surface area contributed by atoms with Crippen LogP contribution in [-0.2, 0) is 9.59 Å². The molecule has 0 saturated carbocycles. The molecule has 0 aliphatic rings. The van der Waals surface area contributed by atoms with Crippen LogP contribution in [-0.4, -0.2) is 25.5 Å². The second kappa shape index (κ2) is 11.5. The third-order valence-electron chi connectivity index (χ3n) is 5.38. The van der Waals surface area contributed by atoms with E-state index in [4.69, 9.17) is 9.47 Å².